The van der Waals surface area contributed by atoms with Gasteiger partial charge in [0.15, 0.2) is 18.2 Å². The average molecular weight is 533 g/mol. The lowest BCUT2D eigenvalue weighted by Gasteiger charge is -2.45. The van der Waals surface area contributed by atoms with Gasteiger partial charge in [0, 0.05) is 20.0 Å². The molecule has 0 spiro atoms. The minimum Gasteiger partial charge on any atom is -0.497 e. The van der Waals surface area contributed by atoms with Gasteiger partial charge in [-0.15, -0.1) is 0 Å². The zero-order chi connectivity index (χ0) is 26.3. The first-order chi connectivity index (χ1) is 17.8. The summed E-state index contributed by atoms with van der Waals surface area (Å²) in [6.45, 7) is 0.395. The number of hydrogen-bond acceptors (Lipinski definition) is 9. The largest absolute Gasteiger partial charge is 0.497 e. The summed E-state index contributed by atoms with van der Waals surface area (Å²) < 4.78 is 63.2. The van der Waals surface area contributed by atoms with Gasteiger partial charge in [0.05, 0.1) is 32.7 Å². The van der Waals surface area contributed by atoms with Crippen LogP contribution in [-0.2, 0) is 51.2 Å². The molecular weight excluding hydrogens is 500 g/mol. The number of fused-ring (bicyclic) bond motifs is 1. The van der Waals surface area contributed by atoms with Crippen molar-refractivity contribution < 1.29 is 41.0 Å². The van der Waals surface area contributed by atoms with E-state index in [0.717, 1.165) is 23.1 Å². The second-order valence-electron chi connectivity index (χ2n) is 8.86. The van der Waals surface area contributed by atoms with Crippen molar-refractivity contribution in [2.24, 2.45) is 0 Å². The summed E-state index contributed by atoms with van der Waals surface area (Å²) >= 11 is 0. The van der Waals surface area contributed by atoms with Crippen LogP contribution in [0, 0.1) is 11.8 Å². The Balaban J connectivity index is 1.56. The van der Waals surface area contributed by atoms with Gasteiger partial charge in [-0.05, 0) is 23.3 Å². The molecule has 2 heterocycles. The lowest BCUT2D eigenvalue weighted by molar-refractivity contribution is -0.303. The topological polar surface area (TPSA) is 98.8 Å². The lowest BCUT2D eigenvalue weighted by Crippen LogP contribution is -2.59. The molecule has 2 aromatic rings. The van der Waals surface area contributed by atoms with Gasteiger partial charge in [-0.3, -0.25) is 4.18 Å². The molecule has 0 radical (unpaired) electrons. The fraction of sp³-hybridized carbons (Fsp3) is 0.481. The average Bonchev–Trinajstić information content (AvgIpc) is 3.28. The Kier molecular flexibility index (Phi) is 9.21. The molecule has 0 amide bonds. The highest BCUT2D eigenvalue weighted by molar-refractivity contribution is 7.86. The second-order valence-corrected chi connectivity index (χ2v) is 10.5. The summed E-state index contributed by atoms with van der Waals surface area (Å²) in [5.74, 6) is 6.42. The Morgan fingerprint density at radius 1 is 1.00 bits per heavy atom. The third kappa shape index (κ3) is 7.30. The molecule has 2 aliphatic rings. The molecular formula is C27H32O9S. The van der Waals surface area contributed by atoms with E-state index in [4.69, 9.17) is 32.6 Å². The van der Waals surface area contributed by atoms with Gasteiger partial charge < -0.3 is 28.4 Å². The standard InChI is InChI=1S/C27H32O9S/c1-30-22-13-11-21(12-14-22)18-32-24-16-23(10-7-15-34-37(3,28)29)35-26-27(24,17-25(31-2)36-26)33-19-20-8-5-4-6-9-20/h4-6,8-9,11-14,23-26H,15-19H2,1-3H3/t23-,24+,25-,26-,27+/m1/s1. The quantitative estimate of drug-likeness (QED) is 0.338. The predicted octanol–water partition coefficient (Wildman–Crippen LogP) is 3.02. The van der Waals surface area contributed by atoms with Crippen molar-refractivity contribution in [3.63, 3.8) is 0 Å². The summed E-state index contributed by atoms with van der Waals surface area (Å²) in [7, 11) is -0.398. The van der Waals surface area contributed by atoms with Crippen molar-refractivity contribution in [3.8, 4) is 17.6 Å². The van der Waals surface area contributed by atoms with Crippen molar-refractivity contribution in [1.29, 1.82) is 0 Å². The Morgan fingerprint density at radius 3 is 2.41 bits per heavy atom. The SMILES string of the molecule is COc1ccc(CO[C@H]2C[C@@H](C#CCOS(C)(=O)=O)O[C@@H]3O[C@@H](OC)C[C@@]32OCc2ccccc2)cc1. The highest BCUT2D eigenvalue weighted by Gasteiger charge is 2.60. The van der Waals surface area contributed by atoms with Crippen LogP contribution < -0.4 is 4.74 Å². The fourth-order valence-corrected chi connectivity index (χ4v) is 4.62. The van der Waals surface area contributed by atoms with Crippen LogP contribution in [0.5, 0.6) is 5.75 Å². The molecule has 37 heavy (non-hydrogen) atoms. The third-order valence-corrected chi connectivity index (χ3v) is 6.80. The van der Waals surface area contributed by atoms with Crippen molar-refractivity contribution in [2.45, 2.75) is 56.4 Å². The van der Waals surface area contributed by atoms with Crippen molar-refractivity contribution >= 4 is 10.1 Å². The van der Waals surface area contributed by atoms with Gasteiger partial charge in [-0.2, -0.15) is 8.42 Å². The van der Waals surface area contributed by atoms with Crippen molar-refractivity contribution in [3.05, 3.63) is 65.7 Å². The molecule has 0 N–H and O–H groups in total. The summed E-state index contributed by atoms with van der Waals surface area (Å²) in [6.07, 6.45) is -0.618. The van der Waals surface area contributed by atoms with Crippen LogP contribution >= 0.6 is 0 Å². The van der Waals surface area contributed by atoms with E-state index >= 15 is 0 Å². The van der Waals surface area contributed by atoms with Gasteiger partial charge in [0.25, 0.3) is 10.1 Å². The van der Waals surface area contributed by atoms with Gasteiger partial charge in [0.2, 0.25) is 0 Å². The predicted molar refractivity (Wildman–Crippen MR) is 134 cm³/mol. The van der Waals surface area contributed by atoms with Crippen molar-refractivity contribution in [2.75, 3.05) is 27.1 Å². The van der Waals surface area contributed by atoms with Crippen LogP contribution in [0.2, 0.25) is 0 Å². The van der Waals surface area contributed by atoms with E-state index in [0.29, 0.717) is 26.1 Å². The fourth-order valence-electron chi connectivity index (χ4n) is 4.35. The summed E-state index contributed by atoms with van der Waals surface area (Å²) in [4.78, 5) is 0. The number of benzene rings is 2. The Hall–Kier alpha value is -2.49. The van der Waals surface area contributed by atoms with E-state index in [1.807, 2.05) is 54.6 Å². The van der Waals surface area contributed by atoms with Gasteiger partial charge >= 0.3 is 0 Å². The number of rotatable bonds is 10. The molecule has 0 saturated carbocycles. The van der Waals surface area contributed by atoms with E-state index in [1.165, 1.54) is 0 Å². The monoisotopic (exact) mass is 532 g/mol. The molecule has 0 unspecified atom stereocenters. The lowest BCUT2D eigenvalue weighted by atomic mass is 9.86. The first-order valence-electron chi connectivity index (χ1n) is 11.9. The molecule has 2 aromatic carbocycles. The van der Waals surface area contributed by atoms with E-state index in [1.54, 1.807) is 14.2 Å². The van der Waals surface area contributed by atoms with Gasteiger partial charge in [0.1, 0.15) is 18.5 Å². The molecule has 2 fully saturated rings. The van der Waals surface area contributed by atoms with Crippen molar-refractivity contribution in [1.82, 2.24) is 0 Å². The highest BCUT2D eigenvalue weighted by Crippen LogP contribution is 2.45. The smallest absolute Gasteiger partial charge is 0.265 e. The molecule has 4 rings (SSSR count). The van der Waals surface area contributed by atoms with E-state index < -0.39 is 40.5 Å². The van der Waals surface area contributed by atoms with Crippen LogP contribution in [0.15, 0.2) is 54.6 Å². The van der Waals surface area contributed by atoms with Gasteiger partial charge in [-0.25, -0.2) is 0 Å². The number of hydrogen-bond donors (Lipinski definition) is 0. The van der Waals surface area contributed by atoms with Gasteiger partial charge in [-0.1, -0.05) is 54.3 Å². The summed E-state index contributed by atoms with van der Waals surface area (Å²) in [5, 5.41) is 0. The second kappa shape index (κ2) is 12.4. The Labute approximate surface area is 218 Å². The molecule has 0 aromatic heterocycles. The maximum absolute atomic E-state index is 11.2. The van der Waals surface area contributed by atoms with Crippen LogP contribution in [0.1, 0.15) is 24.0 Å². The molecule has 10 heteroatoms. The molecule has 2 saturated heterocycles. The van der Waals surface area contributed by atoms with Crippen LogP contribution in [0.3, 0.4) is 0 Å². The zero-order valence-corrected chi connectivity index (χ0v) is 21.9. The van der Waals surface area contributed by atoms with E-state index in [-0.39, 0.29) is 6.61 Å². The minimum atomic E-state index is -3.59. The molecule has 0 aliphatic carbocycles. The highest BCUT2D eigenvalue weighted by atomic mass is 32.2. The molecule has 9 nitrogen and oxygen atoms in total. The van der Waals surface area contributed by atoms with E-state index in [2.05, 4.69) is 11.8 Å². The molecule has 2 aliphatic heterocycles. The van der Waals surface area contributed by atoms with E-state index in [9.17, 15) is 8.42 Å². The zero-order valence-electron chi connectivity index (χ0n) is 21.1. The van der Waals surface area contributed by atoms with Crippen LogP contribution in [0.25, 0.3) is 0 Å². The normalized spacial score (nSPS) is 27.2. The maximum Gasteiger partial charge on any atom is 0.265 e. The Bertz CT molecular complexity index is 1170. The first kappa shape index (κ1) is 27.5. The third-order valence-electron chi connectivity index (χ3n) is 6.25. The van der Waals surface area contributed by atoms with Crippen LogP contribution in [-0.4, -0.2) is 65.9 Å². The molecule has 200 valence electrons. The summed E-state index contributed by atoms with van der Waals surface area (Å²) in [5.41, 5.74) is 1.03. The van der Waals surface area contributed by atoms with Crippen LogP contribution in [0.4, 0.5) is 0 Å². The number of methoxy groups -OCH3 is 2. The maximum atomic E-state index is 11.2. The summed E-state index contributed by atoms with van der Waals surface area (Å²) in [6, 6.07) is 17.5. The first-order valence-corrected chi connectivity index (χ1v) is 13.7. The minimum absolute atomic E-state index is 0.266. The Morgan fingerprint density at radius 2 is 1.73 bits per heavy atom. The molecule has 5 atom stereocenters. The number of ether oxygens (including phenoxy) is 6. The molecule has 0 bridgehead atoms.